The molecule has 0 fully saturated rings. The van der Waals surface area contributed by atoms with Gasteiger partial charge in [-0.1, -0.05) is 25.4 Å². The third-order valence-electron chi connectivity index (χ3n) is 2.60. The van der Waals surface area contributed by atoms with Crippen LogP contribution < -0.4 is 10.6 Å². The van der Waals surface area contributed by atoms with E-state index in [2.05, 4.69) is 40.9 Å². The summed E-state index contributed by atoms with van der Waals surface area (Å²) in [5.74, 6) is 2.51. The van der Waals surface area contributed by atoms with Crippen LogP contribution in [0.2, 0.25) is 0 Å². The molecule has 0 saturated heterocycles. The molecule has 0 bridgehead atoms. The molecule has 5 nitrogen and oxygen atoms in total. The van der Waals surface area contributed by atoms with Crippen molar-refractivity contribution in [2.24, 2.45) is 5.92 Å². The van der Waals surface area contributed by atoms with Crippen LogP contribution in [-0.4, -0.2) is 35.3 Å². The predicted molar refractivity (Wildman–Crippen MR) is 81.6 cm³/mol. The second-order valence-corrected chi connectivity index (χ2v) is 5.99. The first-order chi connectivity index (χ1) is 9.22. The SMILES string of the molecule is CSCCCCCNc1nnc(CNCC(C)C)o1. The summed E-state index contributed by atoms with van der Waals surface area (Å²) in [5.41, 5.74) is 0. The Hall–Kier alpha value is -0.750. The smallest absolute Gasteiger partial charge is 0.315 e. The van der Waals surface area contributed by atoms with E-state index in [9.17, 15) is 0 Å². The topological polar surface area (TPSA) is 63.0 Å². The lowest BCUT2D eigenvalue weighted by Crippen LogP contribution is -2.19. The standard InChI is InChI=1S/C13H26N4OS/c1-11(2)9-14-10-12-16-17-13(18-12)15-7-5-4-6-8-19-3/h11,14H,4-10H2,1-3H3,(H,15,17). The van der Waals surface area contributed by atoms with Crippen LogP contribution in [0.25, 0.3) is 0 Å². The molecule has 0 radical (unpaired) electrons. The highest BCUT2D eigenvalue weighted by molar-refractivity contribution is 7.98. The highest BCUT2D eigenvalue weighted by Gasteiger charge is 2.05. The summed E-state index contributed by atoms with van der Waals surface area (Å²) in [6, 6.07) is 0.534. The van der Waals surface area contributed by atoms with Crippen molar-refractivity contribution < 1.29 is 4.42 Å². The number of hydrogen-bond acceptors (Lipinski definition) is 6. The summed E-state index contributed by atoms with van der Waals surface area (Å²) in [5, 5.41) is 14.4. The van der Waals surface area contributed by atoms with Crippen molar-refractivity contribution in [3.63, 3.8) is 0 Å². The van der Waals surface area contributed by atoms with Crippen molar-refractivity contribution in [3.05, 3.63) is 5.89 Å². The zero-order valence-electron chi connectivity index (χ0n) is 12.2. The Balaban J connectivity index is 2.09. The molecule has 0 unspecified atom stereocenters. The highest BCUT2D eigenvalue weighted by Crippen LogP contribution is 2.07. The van der Waals surface area contributed by atoms with Gasteiger partial charge in [0.2, 0.25) is 5.89 Å². The summed E-state index contributed by atoms with van der Waals surface area (Å²) >= 11 is 1.90. The molecule has 0 saturated carbocycles. The van der Waals surface area contributed by atoms with Gasteiger partial charge in [-0.3, -0.25) is 0 Å². The van der Waals surface area contributed by atoms with Gasteiger partial charge in [-0.05, 0) is 37.3 Å². The monoisotopic (exact) mass is 286 g/mol. The molecular weight excluding hydrogens is 260 g/mol. The van der Waals surface area contributed by atoms with Crippen LogP contribution in [0.5, 0.6) is 0 Å². The van der Waals surface area contributed by atoms with Gasteiger partial charge < -0.3 is 15.1 Å². The lowest BCUT2D eigenvalue weighted by atomic mass is 10.2. The number of anilines is 1. The third-order valence-corrected chi connectivity index (χ3v) is 3.29. The van der Waals surface area contributed by atoms with Crippen LogP contribution in [0.15, 0.2) is 4.42 Å². The van der Waals surface area contributed by atoms with E-state index < -0.39 is 0 Å². The molecule has 2 N–H and O–H groups in total. The number of rotatable bonds is 11. The van der Waals surface area contributed by atoms with Crippen molar-refractivity contribution in [2.75, 3.05) is 30.4 Å². The largest absolute Gasteiger partial charge is 0.407 e. The number of nitrogens with zero attached hydrogens (tertiary/aromatic N) is 2. The van der Waals surface area contributed by atoms with E-state index >= 15 is 0 Å². The summed E-state index contributed by atoms with van der Waals surface area (Å²) in [6.45, 7) is 6.84. The Labute approximate surface area is 120 Å². The number of hydrogen-bond donors (Lipinski definition) is 2. The zero-order chi connectivity index (χ0) is 13.9. The van der Waals surface area contributed by atoms with Gasteiger partial charge in [0.25, 0.3) is 0 Å². The van der Waals surface area contributed by atoms with Crippen LogP contribution in [0.1, 0.15) is 39.0 Å². The van der Waals surface area contributed by atoms with Gasteiger partial charge in [-0.15, -0.1) is 5.10 Å². The first kappa shape index (κ1) is 16.3. The molecule has 1 aromatic heterocycles. The average molecular weight is 286 g/mol. The lowest BCUT2D eigenvalue weighted by Gasteiger charge is -2.04. The van der Waals surface area contributed by atoms with E-state index in [1.807, 2.05) is 11.8 Å². The van der Waals surface area contributed by atoms with Gasteiger partial charge in [0.05, 0.1) is 6.54 Å². The quantitative estimate of drug-likeness (QED) is 0.610. The predicted octanol–water partition coefficient (Wildman–Crippen LogP) is 2.76. The molecular formula is C13H26N4OS. The Morgan fingerprint density at radius 1 is 1.21 bits per heavy atom. The van der Waals surface area contributed by atoms with Crippen molar-refractivity contribution in [2.45, 2.75) is 39.7 Å². The van der Waals surface area contributed by atoms with Crippen molar-refractivity contribution in [1.29, 1.82) is 0 Å². The minimum atomic E-state index is 0.534. The molecule has 0 aliphatic carbocycles. The van der Waals surface area contributed by atoms with E-state index in [0.29, 0.717) is 24.4 Å². The maximum absolute atomic E-state index is 5.49. The molecule has 0 amide bonds. The van der Waals surface area contributed by atoms with E-state index in [0.717, 1.165) is 19.5 Å². The third kappa shape index (κ3) is 8.10. The van der Waals surface area contributed by atoms with E-state index in [1.54, 1.807) is 0 Å². The number of unbranched alkanes of at least 4 members (excludes halogenated alkanes) is 2. The van der Waals surface area contributed by atoms with E-state index in [4.69, 9.17) is 4.42 Å². The fourth-order valence-corrected chi connectivity index (χ4v) is 2.10. The van der Waals surface area contributed by atoms with Crippen molar-refractivity contribution in [1.82, 2.24) is 15.5 Å². The van der Waals surface area contributed by atoms with Gasteiger partial charge in [-0.25, -0.2) is 0 Å². The molecule has 0 aromatic carbocycles. The molecule has 1 aromatic rings. The summed E-state index contributed by atoms with van der Waals surface area (Å²) in [4.78, 5) is 0. The molecule has 0 aliphatic rings. The maximum Gasteiger partial charge on any atom is 0.315 e. The second-order valence-electron chi connectivity index (χ2n) is 5.01. The Bertz CT molecular complexity index is 330. The first-order valence-corrected chi connectivity index (χ1v) is 8.37. The number of thioether (sulfide) groups is 1. The minimum absolute atomic E-state index is 0.534. The van der Waals surface area contributed by atoms with Gasteiger partial charge in [-0.2, -0.15) is 11.8 Å². The van der Waals surface area contributed by atoms with Crippen molar-refractivity contribution in [3.8, 4) is 0 Å². The fraction of sp³-hybridized carbons (Fsp3) is 0.846. The minimum Gasteiger partial charge on any atom is -0.407 e. The van der Waals surface area contributed by atoms with Crippen molar-refractivity contribution >= 4 is 17.8 Å². The van der Waals surface area contributed by atoms with Gasteiger partial charge >= 0.3 is 6.01 Å². The van der Waals surface area contributed by atoms with Gasteiger partial charge in [0, 0.05) is 6.54 Å². The number of aromatic nitrogens is 2. The fourth-order valence-electron chi connectivity index (χ4n) is 1.61. The lowest BCUT2D eigenvalue weighted by molar-refractivity contribution is 0.458. The van der Waals surface area contributed by atoms with Crippen LogP contribution in [0.4, 0.5) is 6.01 Å². The molecule has 110 valence electrons. The van der Waals surface area contributed by atoms with E-state index in [-0.39, 0.29) is 0 Å². The van der Waals surface area contributed by atoms with Gasteiger partial charge in [0.15, 0.2) is 0 Å². The Morgan fingerprint density at radius 3 is 2.79 bits per heavy atom. The van der Waals surface area contributed by atoms with Crippen LogP contribution in [0, 0.1) is 5.92 Å². The molecule has 0 spiro atoms. The van der Waals surface area contributed by atoms with Crippen LogP contribution >= 0.6 is 11.8 Å². The molecule has 1 rings (SSSR count). The summed E-state index contributed by atoms with van der Waals surface area (Å²) in [6.07, 6.45) is 5.80. The number of nitrogens with one attached hydrogen (secondary N) is 2. The zero-order valence-corrected chi connectivity index (χ0v) is 13.1. The average Bonchev–Trinajstić information content (AvgIpc) is 2.81. The first-order valence-electron chi connectivity index (χ1n) is 6.98. The summed E-state index contributed by atoms with van der Waals surface area (Å²) < 4.78 is 5.49. The molecule has 0 aliphatic heterocycles. The summed E-state index contributed by atoms with van der Waals surface area (Å²) in [7, 11) is 0. The molecule has 6 heteroatoms. The highest BCUT2D eigenvalue weighted by atomic mass is 32.2. The maximum atomic E-state index is 5.49. The molecule has 19 heavy (non-hydrogen) atoms. The normalized spacial score (nSPS) is 11.2. The second kappa shape index (κ2) is 10.1. The van der Waals surface area contributed by atoms with Gasteiger partial charge in [0.1, 0.15) is 0 Å². The van der Waals surface area contributed by atoms with E-state index in [1.165, 1.54) is 18.6 Å². The molecule has 0 atom stereocenters. The van der Waals surface area contributed by atoms with Crippen LogP contribution in [0.3, 0.4) is 0 Å². The Morgan fingerprint density at radius 2 is 2.05 bits per heavy atom. The molecule has 1 heterocycles. The van der Waals surface area contributed by atoms with Crippen LogP contribution in [-0.2, 0) is 6.54 Å². The Kier molecular flexibility index (Phi) is 8.66.